The second-order valence-corrected chi connectivity index (χ2v) is 5.96. The summed E-state index contributed by atoms with van der Waals surface area (Å²) in [6.45, 7) is 6.74. The number of hydrogen-bond acceptors (Lipinski definition) is 2. The Kier molecular flexibility index (Phi) is 5.04. The monoisotopic (exact) mass is 278 g/mol. The SMILES string of the molecule is Cc1cc(C)n(CC(C)NC(=O)NC2CCCCC2)n1. The van der Waals surface area contributed by atoms with E-state index < -0.39 is 0 Å². The Morgan fingerprint density at radius 1 is 1.40 bits per heavy atom. The van der Waals surface area contributed by atoms with Gasteiger partial charge in [0.2, 0.25) is 0 Å². The Bertz CT molecular complexity index is 449. The van der Waals surface area contributed by atoms with Crippen molar-refractivity contribution in [1.29, 1.82) is 0 Å². The van der Waals surface area contributed by atoms with Crippen molar-refractivity contribution < 1.29 is 4.79 Å². The van der Waals surface area contributed by atoms with Crippen LogP contribution in [0.15, 0.2) is 6.07 Å². The zero-order chi connectivity index (χ0) is 14.5. The number of nitrogens with zero attached hydrogens (tertiary/aromatic N) is 2. The molecule has 5 heteroatoms. The first kappa shape index (κ1) is 14.9. The molecule has 1 unspecified atom stereocenters. The molecule has 2 rings (SSSR count). The number of amides is 2. The lowest BCUT2D eigenvalue weighted by molar-refractivity contribution is 0.228. The summed E-state index contributed by atoms with van der Waals surface area (Å²) in [5.74, 6) is 0. The van der Waals surface area contributed by atoms with Crippen molar-refractivity contribution in [3.8, 4) is 0 Å². The number of urea groups is 1. The summed E-state index contributed by atoms with van der Waals surface area (Å²) in [6, 6.07) is 2.42. The number of hydrogen-bond donors (Lipinski definition) is 2. The van der Waals surface area contributed by atoms with Crippen LogP contribution in [0.3, 0.4) is 0 Å². The van der Waals surface area contributed by atoms with Crippen LogP contribution in [0.2, 0.25) is 0 Å². The third kappa shape index (κ3) is 4.25. The molecule has 1 fully saturated rings. The molecule has 1 atom stereocenters. The lowest BCUT2D eigenvalue weighted by Crippen LogP contribution is -2.47. The first-order valence-corrected chi connectivity index (χ1v) is 7.62. The molecule has 1 heterocycles. The van der Waals surface area contributed by atoms with Crippen molar-refractivity contribution in [3.05, 3.63) is 17.5 Å². The number of nitrogens with one attached hydrogen (secondary N) is 2. The van der Waals surface area contributed by atoms with Crippen molar-refractivity contribution in [1.82, 2.24) is 20.4 Å². The molecule has 1 aliphatic carbocycles. The quantitative estimate of drug-likeness (QED) is 0.889. The van der Waals surface area contributed by atoms with E-state index in [9.17, 15) is 4.79 Å². The van der Waals surface area contributed by atoms with Gasteiger partial charge in [-0.1, -0.05) is 19.3 Å². The summed E-state index contributed by atoms with van der Waals surface area (Å²) in [7, 11) is 0. The molecule has 5 nitrogen and oxygen atoms in total. The molecule has 2 amide bonds. The highest BCUT2D eigenvalue weighted by Crippen LogP contribution is 2.17. The number of aromatic nitrogens is 2. The molecule has 0 saturated heterocycles. The molecule has 1 saturated carbocycles. The average Bonchev–Trinajstić information content (AvgIpc) is 2.68. The van der Waals surface area contributed by atoms with Gasteiger partial charge in [0, 0.05) is 17.8 Å². The molecule has 0 aliphatic heterocycles. The summed E-state index contributed by atoms with van der Waals surface area (Å²) in [5.41, 5.74) is 2.14. The molecule has 1 aliphatic rings. The minimum Gasteiger partial charge on any atom is -0.335 e. The molecule has 1 aromatic rings. The van der Waals surface area contributed by atoms with E-state index in [4.69, 9.17) is 0 Å². The Balaban J connectivity index is 1.77. The van der Waals surface area contributed by atoms with Crippen molar-refractivity contribution in [2.45, 2.75) is 71.5 Å². The van der Waals surface area contributed by atoms with Crippen molar-refractivity contribution in [2.75, 3.05) is 0 Å². The molecule has 0 aromatic carbocycles. The Hall–Kier alpha value is -1.52. The summed E-state index contributed by atoms with van der Waals surface area (Å²) in [6.07, 6.45) is 5.98. The lowest BCUT2D eigenvalue weighted by atomic mass is 9.96. The minimum atomic E-state index is -0.0501. The predicted octanol–water partition coefficient (Wildman–Crippen LogP) is 2.52. The van der Waals surface area contributed by atoms with Crippen molar-refractivity contribution >= 4 is 6.03 Å². The van der Waals surface area contributed by atoms with Crippen LogP contribution in [-0.4, -0.2) is 27.9 Å². The van der Waals surface area contributed by atoms with Crippen LogP contribution in [0.5, 0.6) is 0 Å². The van der Waals surface area contributed by atoms with Gasteiger partial charge in [-0.25, -0.2) is 4.79 Å². The number of aryl methyl sites for hydroxylation is 2. The third-order valence-electron chi connectivity index (χ3n) is 3.87. The van der Waals surface area contributed by atoms with Crippen LogP contribution in [0, 0.1) is 13.8 Å². The Morgan fingerprint density at radius 2 is 2.10 bits per heavy atom. The maximum absolute atomic E-state index is 12.0. The average molecular weight is 278 g/mol. The van der Waals surface area contributed by atoms with Gasteiger partial charge in [0.05, 0.1) is 12.2 Å². The fourth-order valence-electron chi connectivity index (χ4n) is 2.86. The van der Waals surface area contributed by atoms with E-state index in [-0.39, 0.29) is 12.1 Å². The zero-order valence-electron chi connectivity index (χ0n) is 12.8. The maximum atomic E-state index is 12.0. The van der Waals surface area contributed by atoms with Gasteiger partial charge in [-0.2, -0.15) is 5.10 Å². The first-order valence-electron chi connectivity index (χ1n) is 7.62. The highest BCUT2D eigenvalue weighted by Gasteiger charge is 2.17. The zero-order valence-corrected chi connectivity index (χ0v) is 12.8. The third-order valence-corrected chi connectivity index (χ3v) is 3.87. The predicted molar refractivity (Wildman–Crippen MR) is 79.7 cm³/mol. The summed E-state index contributed by atoms with van der Waals surface area (Å²) in [5, 5.41) is 10.5. The van der Waals surface area contributed by atoms with E-state index in [0.29, 0.717) is 12.6 Å². The van der Waals surface area contributed by atoms with E-state index in [1.807, 2.05) is 25.5 Å². The van der Waals surface area contributed by atoms with Crippen molar-refractivity contribution in [2.24, 2.45) is 0 Å². The van der Waals surface area contributed by atoms with Gasteiger partial charge >= 0.3 is 6.03 Å². The standard InChI is InChI=1S/C15H26N4O/c1-11-9-13(3)19(18-11)10-12(2)16-15(20)17-14-7-5-4-6-8-14/h9,12,14H,4-8,10H2,1-3H3,(H2,16,17,20). The van der Waals surface area contributed by atoms with Gasteiger partial charge in [0.1, 0.15) is 0 Å². The second kappa shape index (κ2) is 6.77. The molecule has 1 aromatic heterocycles. The molecular weight excluding hydrogens is 252 g/mol. The van der Waals surface area contributed by atoms with E-state index >= 15 is 0 Å². The van der Waals surface area contributed by atoms with Gasteiger partial charge in [0.25, 0.3) is 0 Å². The van der Waals surface area contributed by atoms with Crippen LogP contribution in [-0.2, 0) is 6.54 Å². The van der Waals surface area contributed by atoms with E-state index in [1.54, 1.807) is 0 Å². The van der Waals surface area contributed by atoms with Gasteiger partial charge in [-0.15, -0.1) is 0 Å². The van der Waals surface area contributed by atoms with Crippen LogP contribution in [0.25, 0.3) is 0 Å². The smallest absolute Gasteiger partial charge is 0.315 e. The summed E-state index contributed by atoms with van der Waals surface area (Å²) in [4.78, 5) is 12.0. The first-order chi connectivity index (χ1) is 9.54. The Morgan fingerprint density at radius 3 is 2.70 bits per heavy atom. The molecule has 0 spiro atoms. The molecule has 20 heavy (non-hydrogen) atoms. The van der Waals surface area contributed by atoms with Gasteiger partial charge in [-0.3, -0.25) is 4.68 Å². The summed E-state index contributed by atoms with van der Waals surface area (Å²) >= 11 is 0. The summed E-state index contributed by atoms with van der Waals surface area (Å²) < 4.78 is 1.95. The number of carbonyl (C=O) groups is 1. The molecule has 0 radical (unpaired) electrons. The molecule has 2 N–H and O–H groups in total. The highest BCUT2D eigenvalue weighted by atomic mass is 16.2. The minimum absolute atomic E-state index is 0.0501. The number of carbonyl (C=O) groups excluding carboxylic acids is 1. The molecule has 0 bridgehead atoms. The lowest BCUT2D eigenvalue weighted by Gasteiger charge is -2.24. The maximum Gasteiger partial charge on any atom is 0.315 e. The van der Waals surface area contributed by atoms with Crippen LogP contribution < -0.4 is 10.6 Å². The van der Waals surface area contributed by atoms with E-state index in [1.165, 1.54) is 19.3 Å². The highest BCUT2D eigenvalue weighted by molar-refractivity contribution is 5.74. The van der Waals surface area contributed by atoms with Gasteiger partial charge < -0.3 is 10.6 Å². The normalized spacial score (nSPS) is 17.8. The van der Waals surface area contributed by atoms with Gasteiger partial charge in [-0.05, 0) is 39.7 Å². The topological polar surface area (TPSA) is 59.0 Å². The van der Waals surface area contributed by atoms with Crippen molar-refractivity contribution in [3.63, 3.8) is 0 Å². The van der Waals surface area contributed by atoms with E-state index in [2.05, 4.69) is 21.8 Å². The Labute approximate surface area is 121 Å². The van der Waals surface area contributed by atoms with Crippen LogP contribution >= 0.6 is 0 Å². The largest absolute Gasteiger partial charge is 0.335 e. The number of rotatable bonds is 4. The van der Waals surface area contributed by atoms with Gasteiger partial charge in [0.15, 0.2) is 0 Å². The molecular formula is C15H26N4O. The molecule has 112 valence electrons. The van der Waals surface area contributed by atoms with Crippen LogP contribution in [0.4, 0.5) is 4.79 Å². The second-order valence-electron chi connectivity index (χ2n) is 5.96. The fraction of sp³-hybridized carbons (Fsp3) is 0.733. The van der Waals surface area contributed by atoms with E-state index in [0.717, 1.165) is 24.2 Å². The fourth-order valence-corrected chi connectivity index (χ4v) is 2.86. The van der Waals surface area contributed by atoms with Crippen LogP contribution in [0.1, 0.15) is 50.4 Å².